The molecule has 114 valence electrons. The maximum atomic E-state index is 6.52. The molecule has 0 spiro atoms. The quantitative estimate of drug-likeness (QED) is 0.809. The van der Waals surface area contributed by atoms with Gasteiger partial charge in [-0.2, -0.15) is 0 Å². The molecule has 1 aromatic carbocycles. The molecule has 1 aromatic rings. The van der Waals surface area contributed by atoms with Gasteiger partial charge in [0.1, 0.15) is 0 Å². The van der Waals surface area contributed by atoms with Crippen molar-refractivity contribution in [1.29, 1.82) is 0 Å². The van der Waals surface area contributed by atoms with Crippen LogP contribution in [-0.4, -0.2) is 29.6 Å². The fourth-order valence-corrected chi connectivity index (χ4v) is 3.30. The Bertz CT molecular complexity index is 432. The number of rotatable bonds is 7. The highest BCUT2D eigenvalue weighted by atomic mass is 35.5. The second-order valence-corrected chi connectivity index (χ2v) is 6.27. The van der Waals surface area contributed by atoms with Crippen LogP contribution in [0.3, 0.4) is 0 Å². The number of likely N-dealkylation sites (N-methyl/N-ethyl adjacent to an activating group) is 1. The van der Waals surface area contributed by atoms with Gasteiger partial charge < -0.3 is 5.73 Å². The number of nitrogens with two attached hydrogens (primary N) is 1. The van der Waals surface area contributed by atoms with Crippen molar-refractivity contribution in [1.82, 2.24) is 4.90 Å². The van der Waals surface area contributed by atoms with E-state index in [0.29, 0.717) is 10.0 Å². The second-order valence-electron chi connectivity index (χ2n) is 5.43. The number of nitrogens with zero attached hydrogens (tertiary/aromatic N) is 1. The third-order valence-electron chi connectivity index (χ3n) is 4.46. The zero-order chi connectivity index (χ0) is 15.3. The summed E-state index contributed by atoms with van der Waals surface area (Å²) >= 11 is 12.2. The van der Waals surface area contributed by atoms with Gasteiger partial charge in [0.15, 0.2) is 0 Å². The van der Waals surface area contributed by atoms with Crippen LogP contribution in [0.4, 0.5) is 0 Å². The molecule has 0 heterocycles. The molecule has 0 radical (unpaired) electrons. The van der Waals surface area contributed by atoms with Crippen LogP contribution in [0.5, 0.6) is 0 Å². The average molecular weight is 317 g/mol. The standard InChI is InChI=1S/C16H26Cl2N2/c1-5-16(4,20(6-2)7-3)15(19)10-12-8-9-13(17)11-14(12)18/h8-9,11,15H,5-7,10,19H2,1-4H3. The highest BCUT2D eigenvalue weighted by Crippen LogP contribution is 2.28. The zero-order valence-electron chi connectivity index (χ0n) is 12.9. The van der Waals surface area contributed by atoms with E-state index < -0.39 is 0 Å². The Balaban J connectivity index is 2.94. The van der Waals surface area contributed by atoms with Crippen LogP contribution in [0.1, 0.15) is 39.7 Å². The summed E-state index contributed by atoms with van der Waals surface area (Å²) in [6, 6.07) is 5.66. The Kier molecular flexibility index (Phi) is 6.80. The van der Waals surface area contributed by atoms with Crippen molar-refractivity contribution in [2.24, 2.45) is 5.73 Å². The normalized spacial score (nSPS) is 16.2. The molecule has 0 bridgehead atoms. The number of halogens is 2. The fraction of sp³-hybridized carbons (Fsp3) is 0.625. The van der Waals surface area contributed by atoms with Crippen molar-refractivity contribution in [2.45, 2.75) is 52.1 Å². The minimum absolute atomic E-state index is 0.0214. The van der Waals surface area contributed by atoms with E-state index in [0.717, 1.165) is 31.5 Å². The van der Waals surface area contributed by atoms with Crippen molar-refractivity contribution in [3.8, 4) is 0 Å². The summed E-state index contributed by atoms with van der Waals surface area (Å²) in [5.74, 6) is 0. The Morgan fingerprint density at radius 3 is 2.25 bits per heavy atom. The van der Waals surface area contributed by atoms with E-state index in [1.54, 1.807) is 6.07 Å². The molecule has 4 heteroatoms. The molecule has 0 fully saturated rings. The predicted octanol–water partition coefficient (Wildman–Crippen LogP) is 4.37. The van der Waals surface area contributed by atoms with Crippen molar-refractivity contribution >= 4 is 23.2 Å². The van der Waals surface area contributed by atoms with Crippen molar-refractivity contribution in [3.63, 3.8) is 0 Å². The molecule has 0 aliphatic carbocycles. The molecule has 2 nitrogen and oxygen atoms in total. The minimum atomic E-state index is -0.0214. The SMILES string of the molecule is CCN(CC)C(C)(CC)C(N)Cc1ccc(Cl)cc1Cl. The maximum absolute atomic E-state index is 6.52. The molecular weight excluding hydrogens is 291 g/mol. The number of hydrogen-bond acceptors (Lipinski definition) is 2. The number of benzene rings is 1. The molecule has 0 aromatic heterocycles. The van der Waals surface area contributed by atoms with Crippen LogP contribution in [0.15, 0.2) is 18.2 Å². The lowest BCUT2D eigenvalue weighted by atomic mass is 9.84. The van der Waals surface area contributed by atoms with Crippen LogP contribution in [0.2, 0.25) is 10.0 Å². The van der Waals surface area contributed by atoms with Gasteiger partial charge in [-0.1, -0.05) is 50.0 Å². The first-order chi connectivity index (χ1) is 9.38. The molecule has 1 rings (SSSR count). The summed E-state index contributed by atoms with van der Waals surface area (Å²) in [6.07, 6.45) is 1.78. The predicted molar refractivity (Wildman–Crippen MR) is 89.8 cm³/mol. The molecule has 20 heavy (non-hydrogen) atoms. The van der Waals surface area contributed by atoms with Gasteiger partial charge >= 0.3 is 0 Å². The van der Waals surface area contributed by atoms with Crippen molar-refractivity contribution in [2.75, 3.05) is 13.1 Å². The third kappa shape index (κ3) is 3.88. The van der Waals surface area contributed by atoms with Gasteiger partial charge in [0.2, 0.25) is 0 Å². The van der Waals surface area contributed by atoms with Crippen LogP contribution in [0.25, 0.3) is 0 Å². The molecule has 2 unspecified atom stereocenters. The van der Waals surface area contributed by atoms with E-state index >= 15 is 0 Å². The van der Waals surface area contributed by atoms with Gasteiger partial charge in [-0.25, -0.2) is 0 Å². The first-order valence-corrected chi connectivity index (χ1v) is 8.09. The Labute approximate surface area is 133 Å². The Hall–Kier alpha value is -0.280. The fourth-order valence-electron chi connectivity index (χ4n) is 2.81. The van der Waals surface area contributed by atoms with Crippen LogP contribution >= 0.6 is 23.2 Å². The summed E-state index contributed by atoms with van der Waals surface area (Å²) in [5.41, 5.74) is 7.56. The molecule has 2 atom stereocenters. The summed E-state index contributed by atoms with van der Waals surface area (Å²) in [7, 11) is 0. The smallest absolute Gasteiger partial charge is 0.0453 e. The molecule has 0 aliphatic heterocycles. The second kappa shape index (κ2) is 7.65. The summed E-state index contributed by atoms with van der Waals surface area (Å²) < 4.78 is 0. The molecular formula is C16H26Cl2N2. The van der Waals surface area contributed by atoms with E-state index in [1.807, 2.05) is 12.1 Å². The van der Waals surface area contributed by atoms with E-state index in [-0.39, 0.29) is 11.6 Å². The first kappa shape index (κ1) is 17.8. The highest BCUT2D eigenvalue weighted by Gasteiger charge is 2.34. The lowest BCUT2D eigenvalue weighted by Gasteiger charge is -2.44. The van der Waals surface area contributed by atoms with Gasteiger partial charge in [-0.15, -0.1) is 0 Å². The Morgan fingerprint density at radius 1 is 1.20 bits per heavy atom. The van der Waals surface area contributed by atoms with Crippen LogP contribution in [0, 0.1) is 0 Å². The van der Waals surface area contributed by atoms with Gasteiger partial charge in [0.05, 0.1) is 0 Å². The maximum Gasteiger partial charge on any atom is 0.0453 e. The molecule has 0 aliphatic rings. The van der Waals surface area contributed by atoms with Gasteiger partial charge in [0, 0.05) is 21.6 Å². The van der Waals surface area contributed by atoms with Crippen molar-refractivity contribution in [3.05, 3.63) is 33.8 Å². The van der Waals surface area contributed by atoms with Crippen molar-refractivity contribution < 1.29 is 0 Å². The van der Waals surface area contributed by atoms with E-state index in [1.165, 1.54) is 0 Å². The molecule has 0 amide bonds. The summed E-state index contributed by atoms with van der Waals surface area (Å²) in [4.78, 5) is 2.43. The van der Waals surface area contributed by atoms with E-state index in [2.05, 4.69) is 32.6 Å². The van der Waals surface area contributed by atoms with E-state index in [4.69, 9.17) is 28.9 Å². The third-order valence-corrected chi connectivity index (χ3v) is 5.04. The molecule has 2 N–H and O–H groups in total. The lowest BCUT2D eigenvalue weighted by Crippen LogP contribution is -2.58. The largest absolute Gasteiger partial charge is 0.326 e. The average Bonchev–Trinajstić information content (AvgIpc) is 2.42. The monoisotopic (exact) mass is 316 g/mol. The van der Waals surface area contributed by atoms with Gasteiger partial charge in [-0.3, -0.25) is 4.90 Å². The minimum Gasteiger partial charge on any atom is -0.326 e. The first-order valence-electron chi connectivity index (χ1n) is 7.33. The summed E-state index contributed by atoms with van der Waals surface area (Å²) in [5, 5.41) is 1.36. The number of hydrogen-bond donors (Lipinski definition) is 1. The molecule has 0 saturated carbocycles. The van der Waals surface area contributed by atoms with Gasteiger partial charge in [0.25, 0.3) is 0 Å². The zero-order valence-corrected chi connectivity index (χ0v) is 14.4. The molecule has 0 saturated heterocycles. The topological polar surface area (TPSA) is 29.3 Å². The van der Waals surface area contributed by atoms with Crippen LogP contribution < -0.4 is 5.73 Å². The van der Waals surface area contributed by atoms with Crippen LogP contribution in [-0.2, 0) is 6.42 Å². The summed E-state index contributed by atoms with van der Waals surface area (Å²) in [6.45, 7) is 10.8. The van der Waals surface area contributed by atoms with Gasteiger partial charge in [-0.05, 0) is 50.6 Å². The highest BCUT2D eigenvalue weighted by molar-refractivity contribution is 6.35. The Morgan fingerprint density at radius 2 is 1.80 bits per heavy atom. The van der Waals surface area contributed by atoms with E-state index in [9.17, 15) is 0 Å². The lowest BCUT2D eigenvalue weighted by molar-refractivity contribution is 0.0845.